The Hall–Kier alpha value is -3.08. The van der Waals surface area contributed by atoms with Crippen LogP contribution in [0.15, 0.2) is 18.2 Å². The smallest absolute Gasteiger partial charge is 0.407 e. The van der Waals surface area contributed by atoms with Crippen molar-refractivity contribution in [3.05, 3.63) is 23.8 Å². The first-order valence-corrected chi connectivity index (χ1v) is 14.0. The van der Waals surface area contributed by atoms with Crippen LogP contribution in [0, 0.1) is 0 Å². The quantitative estimate of drug-likeness (QED) is 0.413. The van der Waals surface area contributed by atoms with Crippen LogP contribution in [0.25, 0.3) is 0 Å². The zero-order chi connectivity index (χ0) is 23.9. The average Bonchev–Trinajstić information content (AvgIpc) is 3.03. The van der Waals surface area contributed by atoms with Crippen LogP contribution in [0.1, 0.15) is 30.9 Å². The molecule has 11 heteroatoms. The van der Waals surface area contributed by atoms with Gasteiger partial charge < -0.3 is 24.4 Å². The molecular weight excluding hydrogens is 436 g/mol. The molecule has 32 heavy (non-hydrogen) atoms. The number of alkyl carbamates (subject to hydrolysis) is 1. The Morgan fingerprint density at radius 3 is 2.25 bits per heavy atom. The van der Waals surface area contributed by atoms with Crippen molar-refractivity contribution in [1.82, 2.24) is 10.4 Å². The first kappa shape index (κ1) is 25.2. The molecule has 1 N–H and O–H groups in total. The van der Waals surface area contributed by atoms with E-state index in [1.807, 2.05) is 0 Å². The molecule has 1 saturated heterocycles. The highest BCUT2D eigenvalue weighted by atomic mass is 28.3. The third-order valence-corrected chi connectivity index (χ3v) is 6.46. The van der Waals surface area contributed by atoms with E-state index in [9.17, 15) is 19.2 Å². The molecule has 0 radical (unpaired) electrons. The summed E-state index contributed by atoms with van der Waals surface area (Å²) in [6.45, 7) is 6.76. The molecule has 0 bridgehead atoms. The number of ether oxygens (including phenoxy) is 3. The van der Waals surface area contributed by atoms with Gasteiger partial charge in [-0.1, -0.05) is 25.7 Å². The molecule has 1 fully saturated rings. The Morgan fingerprint density at radius 1 is 1.06 bits per heavy atom. The minimum Gasteiger partial charge on any atom is -0.493 e. The number of carbonyl (C=O) groups excluding carboxylic acids is 4. The number of hydrogen-bond donors (Lipinski definition) is 1. The summed E-state index contributed by atoms with van der Waals surface area (Å²) < 4.78 is 15.8. The summed E-state index contributed by atoms with van der Waals surface area (Å²) in [6, 6.07) is 4.86. The number of benzene rings is 1. The summed E-state index contributed by atoms with van der Waals surface area (Å²) in [5.41, 5.74) is 0.529. The van der Waals surface area contributed by atoms with Crippen molar-refractivity contribution in [2.75, 3.05) is 20.8 Å². The van der Waals surface area contributed by atoms with Gasteiger partial charge in [-0.25, -0.2) is 9.59 Å². The number of hydrogen-bond acceptors (Lipinski definition) is 8. The van der Waals surface area contributed by atoms with Gasteiger partial charge in [0.25, 0.3) is 11.8 Å². The zero-order valence-corrected chi connectivity index (χ0v) is 20.1. The van der Waals surface area contributed by atoms with Crippen molar-refractivity contribution in [3.8, 4) is 11.5 Å². The van der Waals surface area contributed by atoms with Crippen LogP contribution in [0.2, 0.25) is 25.7 Å². The largest absolute Gasteiger partial charge is 0.493 e. The Morgan fingerprint density at radius 2 is 1.69 bits per heavy atom. The van der Waals surface area contributed by atoms with Crippen molar-refractivity contribution in [1.29, 1.82) is 0 Å². The maximum Gasteiger partial charge on any atom is 0.407 e. The average molecular weight is 467 g/mol. The summed E-state index contributed by atoms with van der Waals surface area (Å²) in [6.07, 6.45) is -1.04. The van der Waals surface area contributed by atoms with Crippen LogP contribution in [-0.4, -0.2) is 57.8 Å². The highest BCUT2D eigenvalue weighted by Gasteiger charge is 2.34. The molecule has 1 aromatic carbocycles. The number of rotatable bonds is 10. The lowest BCUT2D eigenvalue weighted by atomic mass is 10.0. The molecule has 1 atom stereocenters. The molecule has 1 aliphatic heterocycles. The fourth-order valence-electron chi connectivity index (χ4n) is 2.92. The fourth-order valence-corrected chi connectivity index (χ4v) is 3.63. The van der Waals surface area contributed by atoms with E-state index in [1.165, 1.54) is 14.2 Å². The second kappa shape index (κ2) is 11.0. The number of carbonyl (C=O) groups is 4. The maximum absolute atomic E-state index is 12.5. The predicted octanol–water partition coefficient (Wildman–Crippen LogP) is 2.81. The van der Waals surface area contributed by atoms with Crippen LogP contribution in [0.4, 0.5) is 4.79 Å². The minimum absolute atomic E-state index is 0.00706. The molecule has 1 aliphatic rings. The third-order valence-electron chi connectivity index (χ3n) is 4.76. The van der Waals surface area contributed by atoms with Crippen LogP contribution in [0.3, 0.4) is 0 Å². The van der Waals surface area contributed by atoms with Crippen molar-refractivity contribution < 1.29 is 38.2 Å². The normalized spacial score (nSPS) is 14.7. The first-order chi connectivity index (χ1) is 15.0. The monoisotopic (exact) mass is 466 g/mol. The molecule has 1 aromatic rings. The van der Waals surface area contributed by atoms with Gasteiger partial charge in [0.2, 0.25) is 0 Å². The molecule has 2 rings (SSSR count). The van der Waals surface area contributed by atoms with Gasteiger partial charge in [0.15, 0.2) is 11.5 Å². The number of imide groups is 1. The molecule has 0 aromatic heterocycles. The summed E-state index contributed by atoms with van der Waals surface area (Å²) >= 11 is 0. The van der Waals surface area contributed by atoms with Gasteiger partial charge in [-0.15, -0.1) is 5.06 Å². The fraction of sp³-hybridized carbons (Fsp3) is 0.524. The van der Waals surface area contributed by atoms with Crippen LogP contribution in [-0.2, 0) is 24.0 Å². The van der Waals surface area contributed by atoms with E-state index >= 15 is 0 Å². The molecule has 0 aliphatic carbocycles. The molecule has 3 amide bonds. The minimum atomic E-state index is -1.39. The molecule has 10 nitrogen and oxygen atoms in total. The van der Waals surface area contributed by atoms with Crippen molar-refractivity contribution in [3.63, 3.8) is 0 Å². The first-order valence-electron chi connectivity index (χ1n) is 10.3. The number of nitrogens with zero attached hydrogens (tertiary/aromatic N) is 1. The van der Waals surface area contributed by atoms with E-state index < -0.39 is 38.0 Å². The Kier molecular flexibility index (Phi) is 8.64. The van der Waals surface area contributed by atoms with Gasteiger partial charge >= 0.3 is 12.1 Å². The second-order valence-corrected chi connectivity index (χ2v) is 14.1. The topological polar surface area (TPSA) is 120 Å². The van der Waals surface area contributed by atoms with E-state index in [0.29, 0.717) is 22.1 Å². The number of nitrogens with one attached hydrogen (secondary N) is 1. The molecule has 1 heterocycles. The van der Waals surface area contributed by atoms with Gasteiger partial charge in [0.1, 0.15) is 0 Å². The predicted molar refractivity (Wildman–Crippen MR) is 117 cm³/mol. The number of amides is 3. The van der Waals surface area contributed by atoms with Gasteiger partial charge in [-0.2, -0.15) is 0 Å². The van der Waals surface area contributed by atoms with E-state index in [1.54, 1.807) is 18.2 Å². The Bertz CT molecular complexity index is 852. The molecular formula is C21H30N2O8Si. The summed E-state index contributed by atoms with van der Waals surface area (Å²) in [7, 11) is 1.57. The lowest BCUT2D eigenvalue weighted by Gasteiger charge is -2.21. The van der Waals surface area contributed by atoms with E-state index in [-0.39, 0.29) is 25.9 Å². The Balaban J connectivity index is 2.15. The summed E-state index contributed by atoms with van der Waals surface area (Å²) in [4.78, 5) is 53.2. The van der Waals surface area contributed by atoms with Crippen LogP contribution < -0.4 is 14.8 Å². The maximum atomic E-state index is 12.5. The van der Waals surface area contributed by atoms with Crippen molar-refractivity contribution in [2.24, 2.45) is 0 Å². The lowest BCUT2D eigenvalue weighted by Crippen LogP contribution is -2.36. The molecule has 1 unspecified atom stereocenters. The lowest BCUT2D eigenvalue weighted by molar-refractivity contribution is -0.197. The zero-order valence-electron chi connectivity index (χ0n) is 19.1. The number of hydroxylamine groups is 2. The van der Waals surface area contributed by atoms with Crippen LogP contribution >= 0.6 is 0 Å². The van der Waals surface area contributed by atoms with Crippen molar-refractivity contribution in [2.45, 2.75) is 51.0 Å². The molecule has 0 spiro atoms. The third kappa shape index (κ3) is 7.26. The highest BCUT2D eigenvalue weighted by molar-refractivity contribution is 6.76. The SMILES string of the molecule is COc1ccc(C(CC(=O)ON2C(=O)CCC2=O)NC(=O)OCC[Si](C)(C)C)cc1OC. The molecule has 0 saturated carbocycles. The van der Waals surface area contributed by atoms with Gasteiger partial charge in [-0.05, 0) is 23.7 Å². The van der Waals surface area contributed by atoms with Crippen molar-refractivity contribution >= 4 is 32.0 Å². The molecule has 176 valence electrons. The summed E-state index contributed by atoms with van der Waals surface area (Å²) in [5, 5.41) is 3.13. The van der Waals surface area contributed by atoms with Gasteiger partial charge in [0.05, 0.1) is 33.3 Å². The number of methoxy groups -OCH3 is 2. The van der Waals surface area contributed by atoms with Crippen LogP contribution in [0.5, 0.6) is 11.5 Å². The van der Waals surface area contributed by atoms with E-state index in [4.69, 9.17) is 19.0 Å². The standard InChI is InChI=1S/C21H30N2O8Si/c1-28-16-7-6-14(12-17(16)29-2)15(22-21(27)30-10-11-32(3,4)5)13-20(26)31-23-18(24)8-9-19(23)25/h6-7,12,15H,8-11,13H2,1-5H3,(H,22,27). The van der Waals surface area contributed by atoms with Gasteiger partial charge in [-0.3, -0.25) is 9.59 Å². The summed E-state index contributed by atoms with van der Waals surface area (Å²) in [5.74, 6) is -1.13. The van der Waals surface area contributed by atoms with Gasteiger partial charge in [0, 0.05) is 20.9 Å². The highest BCUT2D eigenvalue weighted by Crippen LogP contribution is 2.31. The second-order valence-electron chi connectivity index (χ2n) is 8.51. The van der Waals surface area contributed by atoms with E-state index in [0.717, 1.165) is 6.04 Å². The van der Waals surface area contributed by atoms with E-state index in [2.05, 4.69) is 25.0 Å². The Labute approximate surface area is 188 Å².